The quantitative estimate of drug-likeness (QED) is 0.636. The summed E-state index contributed by atoms with van der Waals surface area (Å²) in [5, 5.41) is 11.4. The topological polar surface area (TPSA) is 60.7 Å². The van der Waals surface area contributed by atoms with Gasteiger partial charge in [0.25, 0.3) is 0 Å². The number of Topliss-reactive ketones (excluding diaryl/α,β-unsaturated/α-hetero) is 1. The van der Waals surface area contributed by atoms with E-state index in [0.717, 1.165) is 0 Å². The van der Waals surface area contributed by atoms with Gasteiger partial charge in [0.15, 0.2) is 5.82 Å². The number of rotatable bonds is 3. The molecular weight excluding hydrogens is 156 g/mol. The summed E-state index contributed by atoms with van der Waals surface area (Å²) in [4.78, 5) is 12.3. The first-order valence-corrected chi connectivity index (χ1v) is 3.83. The van der Waals surface area contributed by atoms with E-state index in [4.69, 9.17) is 0 Å². The van der Waals surface area contributed by atoms with Gasteiger partial charge in [-0.3, -0.25) is 4.79 Å². The molecule has 0 bridgehead atoms. The van der Waals surface area contributed by atoms with Crippen LogP contribution < -0.4 is 0 Å². The average Bonchev–Trinajstić information content (AvgIpc) is 2.35. The van der Waals surface area contributed by atoms with Crippen molar-refractivity contribution in [1.82, 2.24) is 20.2 Å². The van der Waals surface area contributed by atoms with Crippen LogP contribution in [0.5, 0.6) is 0 Å². The predicted molar refractivity (Wildman–Crippen MR) is 42.3 cm³/mol. The predicted octanol–water partition coefficient (Wildman–Crippen LogP) is -0.0223. The number of hydrogen-bond acceptors (Lipinski definition) is 4. The van der Waals surface area contributed by atoms with Gasteiger partial charge in [0.2, 0.25) is 0 Å². The second-order valence-electron chi connectivity index (χ2n) is 2.91. The summed E-state index contributed by atoms with van der Waals surface area (Å²) >= 11 is 0. The first-order valence-electron chi connectivity index (χ1n) is 3.83. The van der Waals surface area contributed by atoms with Crippen LogP contribution in [0.25, 0.3) is 0 Å². The van der Waals surface area contributed by atoms with Gasteiger partial charge >= 0.3 is 0 Å². The van der Waals surface area contributed by atoms with Crippen molar-refractivity contribution >= 4 is 5.78 Å². The van der Waals surface area contributed by atoms with Crippen molar-refractivity contribution in [3.63, 3.8) is 0 Å². The largest absolute Gasteiger partial charge is 0.300 e. The second kappa shape index (κ2) is 3.42. The molecule has 66 valence electrons. The molecule has 1 aromatic heterocycles. The molecule has 5 nitrogen and oxygen atoms in total. The fourth-order valence-corrected chi connectivity index (χ4v) is 0.823. The van der Waals surface area contributed by atoms with Crippen LogP contribution in [-0.4, -0.2) is 26.0 Å². The molecule has 0 aliphatic heterocycles. The van der Waals surface area contributed by atoms with Gasteiger partial charge in [-0.1, -0.05) is 6.92 Å². The highest BCUT2D eigenvalue weighted by molar-refractivity contribution is 5.77. The Morgan fingerprint density at radius 1 is 1.67 bits per heavy atom. The molecule has 12 heavy (non-hydrogen) atoms. The lowest BCUT2D eigenvalue weighted by atomic mass is 10.0. The summed E-state index contributed by atoms with van der Waals surface area (Å²) < 4.78 is 0. The maximum absolute atomic E-state index is 10.9. The van der Waals surface area contributed by atoms with E-state index >= 15 is 0 Å². The lowest BCUT2D eigenvalue weighted by molar-refractivity contribution is -0.120. The molecule has 0 N–H and O–H groups in total. The standard InChI is InChI=1S/C7H12N4O/c1-5(6(2)12)4-7-8-10-11(3)9-7/h5H,4H2,1-3H3. The lowest BCUT2D eigenvalue weighted by Crippen LogP contribution is -2.10. The Morgan fingerprint density at radius 2 is 2.33 bits per heavy atom. The highest BCUT2D eigenvalue weighted by atomic mass is 16.1. The molecule has 1 atom stereocenters. The summed E-state index contributed by atoms with van der Waals surface area (Å²) in [6.45, 7) is 3.43. The van der Waals surface area contributed by atoms with Crippen LogP contribution in [-0.2, 0) is 18.3 Å². The molecule has 0 aromatic carbocycles. The van der Waals surface area contributed by atoms with Crippen LogP contribution in [0.1, 0.15) is 19.7 Å². The fraction of sp³-hybridized carbons (Fsp3) is 0.714. The zero-order valence-electron chi connectivity index (χ0n) is 7.48. The van der Waals surface area contributed by atoms with Gasteiger partial charge in [-0.05, 0) is 12.1 Å². The Kier molecular flexibility index (Phi) is 2.52. The minimum atomic E-state index is -0.0193. The van der Waals surface area contributed by atoms with E-state index < -0.39 is 0 Å². The third kappa shape index (κ3) is 2.11. The van der Waals surface area contributed by atoms with E-state index in [9.17, 15) is 4.79 Å². The normalized spacial score (nSPS) is 12.9. The molecule has 5 heteroatoms. The molecule has 0 saturated carbocycles. The number of tetrazole rings is 1. The van der Waals surface area contributed by atoms with Crippen molar-refractivity contribution < 1.29 is 4.79 Å². The monoisotopic (exact) mass is 168 g/mol. The minimum absolute atomic E-state index is 0.0193. The molecule has 0 saturated heterocycles. The Bertz CT molecular complexity index is 281. The van der Waals surface area contributed by atoms with Crippen LogP contribution in [0.2, 0.25) is 0 Å². The van der Waals surface area contributed by atoms with E-state index in [0.29, 0.717) is 12.2 Å². The maximum atomic E-state index is 10.9. The highest BCUT2D eigenvalue weighted by Crippen LogP contribution is 2.02. The first-order chi connectivity index (χ1) is 5.59. The number of ketones is 1. The summed E-state index contributed by atoms with van der Waals surface area (Å²) in [6.07, 6.45) is 0.573. The second-order valence-corrected chi connectivity index (χ2v) is 2.91. The van der Waals surface area contributed by atoms with Crippen molar-refractivity contribution in [1.29, 1.82) is 0 Å². The SMILES string of the molecule is CC(=O)C(C)Cc1nnn(C)n1. The van der Waals surface area contributed by atoms with E-state index in [1.165, 1.54) is 4.80 Å². The summed E-state index contributed by atoms with van der Waals surface area (Å²) in [5.74, 6) is 0.761. The van der Waals surface area contributed by atoms with Crippen LogP contribution in [0.15, 0.2) is 0 Å². The van der Waals surface area contributed by atoms with Crippen molar-refractivity contribution in [3.8, 4) is 0 Å². The third-order valence-corrected chi connectivity index (χ3v) is 1.73. The third-order valence-electron chi connectivity index (χ3n) is 1.73. The van der Waals surface area contributed by atoms with Crippen molar-refractivity contribution in [2.75, 3.05) is 0 Å². The molecule has 0 aliphatic carbocycles. The molecule has 0 spiro atoms. The smallest absolute Gasteiger partial charge is 0.175 e. The Hall–Kier alpha value is -1.26. The number of aromatic nitrogens is 4. The van der Waals surface area contributed by atoms with Crippen molar-refractivity contribution in [3.05, 3.63) is 5.82 Å². The summed E-state index contributed by atoms with van der Waals surface area (Å²) in [5.41, 5.74) is 0. The maximum Gasteiger partial charge on any atom is 0.175 e. The highest BCUT2D eigenvalue weighted by Gasteiger charge is 2.11. The molecule has 0 aliphatic rings. The van der Waals surface area contributed by atoms with Crippen LogP contribution in [0, 0.1) is 5.92 Å². The van der Waals surface area contributed by atoms with E-state index in [2.05, 4.69) is 15.4 Å². The Labute approximate surface area is 70.8 Å². The molecule has 1 heterocycles. The zero-order chi connectivity index (χ0) is 9.14. The molecule has 1 aromatic rings. The van der Waals surface area contributed by atoms with Crippen LogP contribution in [0.3, 0.4) is 0 Å². The number of carbonyl (C=O) groups is 1. The van der Waals surface area contributed by atoms with E-state index in [1.807, 2.05) is 6.92 Å². The fourth-order valence-electron chi connectivity index (χ4n) is 0.823. The minimum Gasteiger partial charge on any atom is -0.300 e. The molecule has 1 rings (SSSR count). The molecule has 0 fully saturated rings. The van der Waals surface area contributed by atoms with Gasteiger partial charge in [-0.2, -0.15) is 4.80 Å². The van der Waals surface area contributed by atoms with Crippen LogP contribution >= 0.6 is 0 Å². The number of nitrogens with zero attached hydrogens (tertiary/aromatic N) is 4. The van der Waals surface area contributed by atoms with Gasteiger partial charge in [-0.25, -0.2) is 0 Å². The van der Waals surface area contributed by atoms with Gasteiger partial charge in [0.05, 0.1) is 7.05 Å². The van der Waals surface area contributed by atoms with Gasteiger partial charge in [0, 0.05) is 12.3 Å². The van der Waals surface area contributed by atoms with Gasteiger partial charge < -0.3 is 0 Å². The summed E-state index contributed by atoms with van der Waals surface area (Å²) in [6, 6.07) is 0. The van der Waals surface area contributed by atoms with Gasteiger partial charge in [0.1, 0.15) is 5.78 Å². The van der Waals surface area contributed by atoms with E-state index in [1.54, 1.807) is 14.0 Å². The van der Waals surface area contributed by atoms with Crippen molar-refractivity contribution in [2.24, 2.45) is 13.0 Å². The zero-order valence-corrected chi connectivity index (χ0v) is 7.48. The van der Waals surface area contributed by atoms with Gasteiger partial charge in [-0.15, -0.1) is 10.2 Å². The lowest BCUT2D eigenvalue weighted by Gasteiger charge is -2.01. The number of aryl methyl sites for hydroxylation is 1. The van der Waals surface area contributed by atoms with Crippen molar-refractivity contribution in [2.45, 2.75) is 20.3 Å². The number of carbonyl (C=O) groups excluding carboxylic acids is 1. The van der Waals surface area contributed by atoms with E-state index in [-0.39, 0.29) is 11.7 Å². The molecule has 0 radical (unpaired) electrons. The molecule has 0 amide bonds. The van der Waals surface area contributed by atoms with Crippen LogP contribution in [0.4, 0.5) is 0 Å². The molecular formula is C7H12N4O. The molecule has 1 unspecified atom stereocenters. The summed E-state index contributed by atoms with van der Waals surface area (Å²) in [7, 11) is 1.70. The number of hydrogen-bond donors (Lipinski definition) is 0. The average molecular weight is 168 g/mol. The first kappa shape index (κ1) is 8.83. The Morgan fingerprint density at radius 3 is 2.75 bits per heavy atom. The Balaban J connectivity index is 2.58.